The summed E-state index contributed by atoms with van der Waals surface area (Å²) in [4.78, 5) is 9.16. The number of rotatable bonds is 9. The maximum Gasteiger partial charge on any atom is 0.223 e. The average Bonchev–Trinajstić information content (AvgIpc) is 3.45. The molecule has 4 aromatic rings. The molecule has 0 aliphatic carbocycles. The third-order valence-electron chi connectivity index (χ3n) is 5.07. The quantitative estimate of drug-likeness (QED) is 0.427. The van der Waals surface area contributed by atoms with Gasteiger partial charge < -0.3 is 0 Å². The van der Waals surface area contributed by atoms with Crippen molar-refractivity contribution in [2.75, 3.05) is 0 Å². The maximum atomic E-state index is 4.72. The lowest BCUT2D eigenvalue weighted by molar-refractivity contribution is 0.604. The van der Waals surface area contributed by atoms with Crippen LogP contribution in [0, 0.1) is 0 Å². The molecule has 0 saturated carbocycles. The second kappa shape index (κ2) is 9.39. The van der Waals surface area contributed by atoms with Crippen molar-refractivity contribution in [3.05, 3.63) is 59.8 Å². The van der Waals surface area contributed by atoms with Crippen LogP contribution in [0.3, 0.4) is 0 Å². The van der Waals surface area contributed by atoms with Crippen LogP contribution in [0.4, 0.5) is 0 Å². The molecule has 3 heterocycles. The Hall–Kier alpha value is -3.42. The molecule has 0 aliphatic heterocycles. The van der Waals surface area contributed by atoms with Crippen molar-refractivity contribution in [1.82, 2.24) is 40.4 Å². The van der Waals surface area contributed by atoms with E-state index in [1.165, 1.54) is 18.4 Å². The summed E-state index contributed by atoms with van der Waals surface area (Å²) >= 11 is 0. The molecule has 0 radical (unpaired) electrons. The molecule has 0 atom stereocenters. The third-order valence-corrected chi connectivity index (χ3v) is 5.07. The molecule has 0 bridgehead atoms. The van der Waals surface area contributed by atoms with E-state index in [2.05, 4.69) is 68.4 Å². The minimum atomic E-state index is 0.487. The second-order valence-corrected chi connectivity index (χ2v) is 7.24. The van der Waals surface area contributed by atoms with Gasteiger partial charge in [-0.25, -0.2) is 9.67 Å². The number of H-pyrrole nitrogens is 1. The second-order valence-electron chi connectivity index (χ2n) is 7.24. The number of tetrazole rings is 1. The van der Waals surface area contributed by atoms with Gasteiger partial charge in [-0.1, -0.05) is 57.0 Å². The van der Waals surface area contributed by atoms with Crippen LogP contribution in [0.25, 0.3) is 22.6 Å². The summed E-state index contributed by atoms with van der Waals surface area (Å²) in [6.45, 7) is 5.04. The van der Waals surface area contributed by atoms with Gasteiger partial charge >= 0.3 is 0 Å². The summed E-state index contributed by atoms with van der Waals surface area (Å²) in [6, 6.07) is 12.4. The van der Waals surface area contributed by atoms with Crippen LogP contribution in [-0.4, -0.2) is 40.4 Å². The van der Waals surface area contributed by atoms with Gasteiger partial charge in [-0.2, -0.15) is 10.3 Å². The van der Waals surface area contributed by atoms with E-state index in [0.717, 1.165) is 48.6 Å². The standard InChI is InChI=1S/C22H26N8/c1-3-5-6-9-20-24-19(4-2)27-30(20)15-16-10-12-17(13-11-16)18-8-7-14-23-21(18)22-25-28-29-26-22/h7-8,10-14H,3-6,9,15H2,1-2H3,(H,25,26,28,29). The molecule has 8 nitrogen and oxygen atoms in total. The highest BCUT2D eigenvalue weighted by molar-refractivity contribution is 5.77. The molecule has 0 amide bonds. The number of aromatic amines is 1. The Morgan fingerprint density at radius 2 is 1.90 bits per heavy atom. The first-order valence-corrected chi connectivity index (χ1v) is 10.5. The fourth-order valence-electron chi connectivity index (χ4n) is 3.46. The number of unbranched alkanes of at least 4 members (excludes halogenated alkanes) is 2. The molecule has 0 spiro atoms. The molecule has 0 saturated heterocycles. The van der Waals surface area contributed by atoms with Crippen LogP contribution in [0.5, 0.6) is 0 Å². The first-order valence-electron chi connectivity index (χ1n) is 10.5. The largest absolute Gasteiger partial charge is 0.252 e. The van der Waals surface area contributed by atoms with Crippen molar-refractivity contribution in [3.8, 4) is 22.6 Å². The molecular formula is C22H26N8. The molecule has 8 heteroatoms. The number of benzene rings is 1. The summed E-state index contributed by atoms with van der Waals surface area (Å²) in [5, 5.41) is 19.0. The predicted molar refractivity (Wildman–Crippen MR) is 115 cm³/mol. The number of aryl methyl sites for hydroxylation is 2. The fourth-order valence-corrected chi connectivity index (χ4v) is 3.46. The SMILES string of the molecule is CCCCCc1nc(CC)nn1Cc1ccc(-c2cccnc2-c2nn[nH]n2)cc1. The zero-order valence-corrected chi connectivity index (χ0v) is 17.4. The van der Waals surface area contributed by atoms with Gasteiger partial charge in [0.15, 0.2) is 5.82 Å². The van der Waals surface area contributed by atoms with Gasteiger partial charge in [0.2, 0.25) is 5.82 Å². The van der Waals surface area contributed by atoms with Gasteiger partial charge in [0.25, 0.3) is 0 Å². The van der Waals surface area contributed by atoms with Crippen molar-refractivity contribution in [2.24, 2.45) is 0 Å². The average molecular weight is 403 g/mol. The lowest BCUT2D eigenvalue weighted by Crippen LogP contribution is -2.07. The molecule has 3 aromatic heterocycles. The van der Waals surface area contributed by atoms with E-state index in [4.69, 9.17) is 10.1 Å². The molecule has 4 rings (SSSR count). The molecular weight excluding hydrogens is 376 g/mol. The number of aromatic nitrogens is 8. The van der Waals surface area contributed by atoms with E-state index >= 15 is 0 Å². The van der Waals surface area contributed by atoms with E-state index in [1.54, 1.807) is 6.20 Å². The Labute approximate surface area is 175 Å². The summed E-state index contributed by atoms with van der Waals surface area (Å²) in [7, 11) is 0. The highest BCUT2D eigenvalue weighted by Crippen LogP contribution is 2.28. The maximum absolute atomic E-state index is 4.72. The van der Waals surface area contributed by atoms with Gasteiger partial charge in [-0.05, 0) is 28.8 Å². The molecule has 30 heavy (non-hydrogen) atoms. The first kappa shape index (κ1) is 19.9. The molecule has 1 N–H and O–H groups in total. The Morgan fingerprint density at radius 3 is 2.63 bits per heavy atom. The minimum Gasteiger partial charge on any atom is -0.252 e. The Balaban J connectivity index is 1.55. The normalized spacial score (nSPS) is 11.1. The number of pyridine rings is 1. The fraction of sp³-hybridized carbons (Fsp3) is 0.364. The van der Waals surface area contributed by atoms with Gasteiger partial charge in [0.1, 0.15) is 11.5 Å². The number of hydrogen-bond donors (Lipinski definition) is 1. The van der Waals surface area contributed by atoms with Crippen molar-refractivity contribution in [1.29, 1.82) is 0 Å². The van der Waals surface area contributed by atoms with E-state index in [9.17, 15) is 0 Å². The topological polar surface area (TPSA) is 98.1 Å². The van der Waals surface area contributed by atoms with E-state index in [0.29, 0.717) is 11.5 Å². The van der Waals surface area contributed by atoms with Crippen LogP contribution < -0.4 is 0 Å². The van der Waals surface area contributed by atoms with Crippen LogP contribution >= 0.6 is 0 Å². The monoisotopic (exact) mass is 402 g/mol. The smallest absolute Gasteiger partial charge is 0.223 e. The van der Waals surface area contributed by atoms with Crippen molar-refractivity contribution in [2.45, 2.75) is 52.5 Å². The summed E-state index contributed by atoms with van der Waals surface area (Å²) < 4.78 is 2.05. The summed E-state index contributed by atoms with van der Waals surface area (Å²) in [6.07, 6.45) is 7.14. The lowest BCUT2D eigenvalue weighted by atomic mass is 10.0. The van der Waals surface area contributed by atoms with Gasteiger partial charge in [0, 0.05) is 24.6 Å². The van der Waals surface area contributed by atoms with Crippen molar-refractivity contribution in [3.63, 3.8) is 0 Å². The van der Waals surface area contributed by atoms with Gasteiger partial charge in [-0.15, -0.1) is 10.2 Å². The van der Waals surface area contributed by atoms with Gasteiger partial charge in [-0.3, -0.25) is 4.98 Å². The van der Waals surface area contributed by atoms with Crippen LogP contribution in [0.1, 0.15) is 50.3 Å². The molecule has 0 fully saturated rings. The zero-order valence-electron chi connectivity index (χ0n) is 17.4. The third kappa shape index (κ3) is 4.42. The number of nitrogens with one attached hydrogen (secondary N) is 1. The molecule has 1 aromatic carbocycles. The highest BCUT2D eigenvalue weighted by atomic mass is 15.5. The zero-order chi connectivity index (χ0) is 20.8. The lowest BCUT2D eigenvalue weighted by Gasteiger charge is -2.09. The van der Waals surface area contributed by atoms with Crippen LogP contribution in [-0.2, 0) is 19.4 Å². The summed E-state index contributed by atoms with van der Waals surface area (Å²) in [5.74, 6) is 2.48. The Bertz CT molecular complexity index is 1070. The number of nitrogens with zero attached hydrogens (tertiary/aromatic N) is 7. The van der Waals surface area contributed by atoms with E-state index in [1.807, 2.05) is 12.1 Å². The van der Waals surface area contributed by atoms with E-state index < -0.39 is 0 Å². The van der Waals surface area contributed by atoms with Crippen molar-refractivity contribution < 1.29 is 0 Å². The Kier molecular flexibility index (Phi) is 6.22. The molecule has 0 aliphatic rings. The minimum absolute atomic E-state index is 0.487. The van der Waals surface area contributed by atoms with Crippen molar-refractivity contribution >= 4 is 0 Å². The molecule has 0 unspecified atom stereocenters. The van der Waals surface area contributed by atoms with Gasteiger partial charge in [0.05, 0.1) is 6.54 Å². The highest BCUT2D eigenvalue weighted by Gasteiger charge is 2.13. The van der Waals surface area contributed by atoms with Crippen LogP contribution in [0.15, 0.2) is 42.6 Å². The first-order chi connectivity index (χ1) is 14.8. The summed E-state index contributed by atoms with van der Waals surface area (Å²) in [5.41, 5.74) is 3.93. The number of hydrogen-bond acceptors (Lipinski definition) is 6. The van der Waals surface area contributed by atoms with Crippen LogP contribution in [0.2, 0.25) is 0 Å². The molecule has 154 valence electrons. The predicted octanol–water partition coefficient (Wildman–Crippen LogP) is 3.86. The Morgan fingerprint density at radius 1 is 1.03 bits per heavy atom. The van der Waals surface area contributed by atoms with E-state index in [-0.39, 0.29) is 0 Å².